The highest BCUT2D eigenvalue weighted by molar-refractivity contribution is 9.10. The maximum absolute atomic E-state index is 13.2. The van der Waals surface area contributed by atoms with Gasteiger partial charge in [0, 0.05) is 0 Å². The van der Waals surface area contributed by atoms with Crippen LogP contribution >= 0.6 is 27.3 Å². The lowest BCUT2D eigenvalue weighted by atomic mass is 10.2. The van der Waals surface area contributed by atoms with E-state index < -0.39 is 11.7 Å². The Morgan fingerprint density at radius 3 is 3.00 bits per heavy atom. The second-order valence-corrected chi connectivity index (χ2v) is 4.43. The van der Waals surface area contributed by atoms with Crippen LogP contribution in [0.4, 0.5) is 9.52 Å². The van der Waals surface area contributed by atoms with Crippen LogP contribution in [0.3, 0.4) is 0 Å². The Morgan fingerprint density at radius 1 is 1.50 bits per heavy atom. The van der Waals surface area contributed by atoms with Crippen molar-refractivity contribution in [2.75, 3.05) is 5.32 Å². The van der Waals surface area contributed by atoms with Crippen LogP contribution in [0.1, 0.15) is 10.4 Å². The van der Waals surface area contributed by atoms with Crippen molar-refractivity contribution >= 4 is 38.3 Å². The molecule has 0 radical (unpaired) electrons. The Balaban J connectivity index is 2.24. The first-order valence-electron chi connectivity index (χ1n) is 4.20. The number of aromatic nitrogens is 2. The van der Waals surface area contributed by atoms with Gasteiger partial charge in [0.2, 0.25) is 5.13 Å². The van der Waals surface area contributed by atoms with E-state index in [1.165, 1.54) is 35.0 Å². The Labute approximate surface area is 103 Å². The van der Waals surface area contributed by atoms with E-state index in [-0.39, 0.29) is 10.0 Å². The standard InChI is InChI=1S/C9H5BrFN3OS/c10-7-5(2-1-3-6(7)11)8(15)13-9-14-12-4-16-9/h1-4H,(H,13,14,15). The van der Waals surface area contributed by atoms with Crippen LogP contribution in [0.2, 0.25) is 0 Å². The minimum atomic E-state index is -0.482. The Bertz CT molecular complexity index is 517. The molecule has 0 spiro atoms. The zero-order valence-corrected chi connectivity index (χ0v) is 10.2. The molecule has 4 nitrogen and oxygen atoms in total. The third-order valence-corrected chi connectivity index (χ3v) is 3.19. The van der Waals surface area contributed by atoms with Crippen LogP contribution < -0.4 is 5.32 Å². The van der Waals surface area contributed by atoms with Crippen molar-refractivity contribution in [3.8, 4) is 0 Å². The fraction of sp³-hybridized carbons (Fsp3) is 0. The van der Waals surface area contributed by atoms with Gasteiger partial charge in [-0.2, -0.15) is 0 Å². The van der Waals surface area contributed by atoms with E-state index in [9.17, 15) is 9.18 Å². The quantitative estimate of drug-likeness (QED) is 0.928. The van der Waals surface area contributed by atoms with E-state index in [1.54, 1.807) is 0 Å². The number of carbonyl (C=O) groups is 1. The van der Waals surface area contributed by atoms with Crippen LogP contribution in [-0.4, -0.2) is 16.1 Å². The minimum absolute atomic E-state index is 0.136. The average molecular weight is 302 g/mol. The van der Waals surface area contributed by atoms with Gasteiger partial charge in [0.1, 0.15) is 11.3 Å². The van der Waals surface area contributed by atoms with Crippen molar-refractivity contribution in [2.45, 2.75) is 0 Å². The predicted octanol–water partition coefficient (Wildman–Crippen LogP) is 2.69. The number of carbonyl (C=O) groups excluding carboxylic acids is 1. The topological polar surface area (TPSA) is 54.9 Å². The second kappa shape index (κ2) is 4.67. The lowest BCUT2D eigenvalue weighted by Crippen LogP contribution is -2.12. The number of rotatable bonds is 2. The van der Waals surface area contributed by atoms with Crippen LogP contribution in [0.5, 0.6) is 0 Å². The molecule has 2 aromatic rings. The number of anilines is 1. The van der Waals surface area contributed by atoms with Gasteiger partial charge in [0.05, 0.1) is 10.0 Å². The second-order valence-electron chi connectivity index (χ2n) is 2.80. The largest absolute Gasteiger partial charge is 0.296 e. The number of hydrogen-bond donors (Lipinski definition) is 1. The first-order chi connectivity index (χ1) is 7.68. The molecule has 0 unspecified atom stereocenters. The minimum Gasteiger partial charge on any atom is -0.296 e. The van der Waals surface area contributed by atoms with E-state index in [2.05, 4.69) is 31.4 Å². The first-order valence-corrected chi connectivity index (χ1v) is 5.87. The maximum atomic E-state index is 13.2. The highest BCUT2D eigenvalue weighted by Gasteiger charge is 2.13. The Kier molecular flexibility index (Phi) is 3.25. The molecule has 7 heteroatoms. The number of nitrogens with one attached hydrogen (secondary N) is 1. The van der Waals surface area contributed by atoms with Crippen molar-refractivity contribution in [3.63, 3.8) is 0 Å². The molecule has 16 heavy (non-hydrogen) atoms. The fourth-order valence-corrected chi connectivity index (χ4v) is 1.96. The Hall–Kier alpha value is -1.34. The molecule has 0 saturated carbocycles. The molecule has 1 aromatic carbocycles. The molecule has 0 aliphatic heterocycles. The number of halogens is 2. The van der Waals surface area contributed by atoms with Gasteiger partial charge in [0.15, 0.2) is 0 Å². The molecule has 0 bridgehead atoms. The monoisotopic (exact) mass is 301 g/mol. The van der Waals surface area contributed by atoms with Crippen molar-refractivity contribution in [3.05, 3.63) is 39.6 Å². The highest BCUT2D eigenvalue weighted by Crippen LogP contribution is 2.21. The van der Waals surface area contributed by atoms with Gasteiger partial charge in [-0.05, 0) is 28.1 Å². The van der Waals surface area contributed by atoms with Crippen LogP contribution in [0, 0.1) is 5.82 Å². The summed E-state index contributed by atoms with van der Waals surface area (Å²) < 4.78 is 13.3. The average Bonchev–Trinajstić information content (AvgIpc) is 2.74. The number of nitrogens with zero attached hydrogens (tertiary/aromatic N) is 2. The van der Waals surface area contributed by atoms with Crippen molar-refractivity contribution < 1.29 is 9.18 Å². The molecular formula is C9H5BrFN3OS. The van der Waals surface area contributed by atoms with Gasteiger partial charge >= 0.3 is 0 Å². The molecule has 2 rings (SSSR count). The summed E-state index contributed by atoms with van der Waals surface area (Å²) in [5, 5.41) is 10.1. The van der Waals surface area contributed by atoms with E-state index in [1.807, 2.05) is 0 Å². The van der Waals surface area contributed by atoms with Crippen molar-refractivity contribution in [1.29, 1.82) is 0 Å². The van der Waals surface area contributed by atoms with E-state index in [0.717, 1.165) is 0 Å². The summed E-state index contributed by atoms with van der Waals surface area (Å²) >= 11 is 4.21. The summed E-state index contributed by atoms with van der Waals surface area (Å²) in [7, 11) is 0. The van der Waals surface area contributed by atoms with Crippen molar-refractivity contribution in [1.82, 2.24) is 10.2 Å². The molecule has 1 heterocycles. The maximum Gasteiger partial charge on any atom is 0.258 e. The van der Waals surface area contributed by atoms with Crippen molar-refractivity contribution in [2.24, 2.45) is 0 Å². The highest BCUT2D eigenvalue weighted by atomic mass is 79.9. The molecule has 1 amide bonds. The van der Waals surface area contributed by atoms with E-state index in [4.69, 9.17) is 0 Å². The van der Waals surface area contributed by atoms with Crippen LogP contribution in [0.25, 0.3) is 0 Å². The molecular weight excluding hydrogens is 297 g/mol. The van der Waals surface area contributed by atoms with Gasteiger partial charge in [0.25, 0.3) is 5.91 Å². The molecule has 82 valence electrons. The lowest BCUT2D eigenvalue weighted by molar-refractivity contribution is 0.102. The third-order valence-electron chi connectivity index (χ3n) is 1.78. The van der Waals surface area contributed by atoms with E-state index >= 15 is 0 Å². The molecule has 0 aliphatic rings. The van der Waals surface area contributed by atoms with Gasteiger partial charge in [-0.1, -0.05) is 17.4 Å². The van der Waals surface area contributed by atoms with Gasteiger partial charge in [-0.15, -0.1) is 10.2 Å². The Morgan fingerprint density at radius 2 is 2.31 bits per heavy atom. The smallest absolute Gasteiger partial charge is 0.258 e. The zero-order valence-electron chi connectivity index (χ0n) is 7.78. The lowest BCUT2D eigenvalue weighted by Gasteiger charge is -2.03. The van der Waals surface area contributed by atoms with Gasteiger partial charge in [-0.3, -0.25) is 10.1 Å². The molecule has 0 saturated heterocycles. The summed E-state index contributed by atoms with van der Waals surface area (Å²) in [5.41, 5.74) is 1.71. The zero-order chi connectivity index (χ0) is 11.5. The number of hydrogen-bond acceptors (Lipinski definition) is 4. The molecule has 0 fully saturated rings. The normalized spacial score (nSPS) is 10.1. The summed E-state index contributed by atoms with van der Waals surface area (Å²) in [5.74, 6) is -0.909. The SMILES string of the molecule is O=C(Nc1nncs1)c1cccc(F)c1Br. The van der Waals surface area contributed by atoms with Crippen LogP contribution in [0.15, 0.2) is 28.2 Å². The first kappa shape index (κ1) is 11.2. The summed E-state index contributed by atoms with van der Waals surface area (Å²) in [6.07, 6.45) is 0. The fourth-order valence-electron chi connectivity index (χ4n) is 1.07. The van der Waals surface area contributed by atoms with Gasteiger partial charge in [-0.25, -0.2) is 4.39 Å². The molecule has 0 atom stereocenters. The molecule has 1 N–H and O–H groups in total. The third kappa shape index (κ3) is 2.25. The number of benzene rings is 1. The predicted molar refractivity (Wildman–Crippen MR) is 62.0 cm³/mol. The number of amides is 1. The summed E-state index contributed by atoms with van der Waals surface area (Å²) in [4.78, 5) is 11.7. The van der Waals surface area contributed by atoms with Crippen LogP contribution in [-0.2, 0) is 0 Å². The van der Waals surface area contributed by atoms with Gasteiger partial charge < -0.3 is 0 Å². The summed E-state index contributed by atoms with van der Waals surface area (Å²) in [6.45, 7) is 0. The van der Waals surface area contributed by atoms with E-state index in [0.29, 0.717) is 5.13 Å². The molecule has 0 aliphatic carbocycles. The molecule has 1 aromatic heterocycles. The summed E-state index contributed by atoms with van der Waals surface area (Å²) in [6, 6.07) is 4.25.